The molecule has 3 rings (SSSR count). The van der Waals surface area contributed by atoms with Crippen molar-refractivity contribution in [1.82, 2.24) is 9.21 Å². The van der Waals surface area contributed by atoms with Gasteiger partial charge in [-0.25, -0.2) is 8.42 Å². The predicted octanol–water partition coefficient (Wildman–Crippen LogP) is 3.61. The number of carbonyl (C=O) groups is 1. The molecule has 0 bridgehead atoms. The lowest BCUT2D eigenvalue weighted by molar-refractivity contribution is -0.384. The molecule has 1 aliphatic heterocycles. The minimum atomic E-state index is -3.65. The Hall–Kier alpha value is -2.98. The van der Waals surface area contributed by atoms with Crippen LogP contribution in [0, 0.1) is 16.0 Å². The fourth-order valence-corrected chi connectivity index (χ4v) is 5.44. The summed E-state index contributed by atoms with van der Waals surface area (Å²) >= 11 is 0. The molecule has 2 aromatic rings. The van der Waals surface area contributed by atoms with E-state index in [-0.39, 0.29) is 41.5 Å². The van der Waals surface area contributed by atoms with Gasteiger partial charge >= 0.3 is 0 Å². The van der Waals surface area contributed by atoms with Gasteiger partial charge in [-0.05, 0) is 56.5 Å². The van der Waals surface area contributed by atoms with Gasteiger partial charge in [0.05, 0.1) is 22.5 Å². The average Bonchev–Trinajstić information content (AvgIpc) is 2.83. The second kappa shape index (κ2) is 10.3. The summed E-state index contributed by atoms with van der Waals surface area (Å²) in [5, 5.41) is 11.1. The third-order valence-corrected chi connectivity index (χ3v) is 7.98. The van der Waals surface area contributed by atoms with Gasteiger partial charge in [0.25, 0.3) is 5.69 Å². The standard InChI is InChI=1S/C23H29N3O6S/c1-4-32-21-8-10-22(11-9-21)33(30,31)25-14-12-18(13-15-25)23(27)24(3)17(2)19-6-5-7-20(16-19)26(28)29/h5-11,16-18H,4,12-15H2,1-3H3. The molecule has 33 heavy (non-hydrogen) atoms. The Morgan fingerprint density at radius 2 is 1.85 bits per heavy atom. The fourth-order valence-electron chi connectivity index (χ4n) is 3.97. The molecule has 1 saturated heterocycles. The molecule has 1 atom stereocenters. The Labute approximate surface area is 194 Å². The highest BCUT2D eigenvalue weighted by Gasteiger charge is 2.34. The van der Waals surface area contributed by atoms with E-state index in [0.29, 0.717) is 30.8 Å². The Bertz CT molecular complexity index is 1100. The minimum absolute atomic E-state index is 0.0204. The van der Waals surface area contributed by atoms with E-state index in [1.165, 1.54) is 28.6 Å². The molecule has 1 fully saturated rings. The number of piperidine rings is 1. The number of nitrogens with zero attached hydrogens (tertiary/aromatic N) is 3. The molecule has 0 N–H and O–H groups in total. The fraction of sp³-hybridized carbons (Fsp3) is 0.435. The van der Waals surface area contributed by atoms with Crippen LogP contribution in [0.5, 0.6) is 5.75 Å². The maximum Gasteiger partial charge on any atom is 0.269 e. The highest BCUT2D eigenvalue weighted by atomic mass is 32.2. The molecule has 0 radical (unpaired) electrons. The molecule has 1 heterocycles. The number of ether oxygens (including phenoxy) is 1. The lowest BCUT2D eigenvalue weighted by atomic mass is 9.95. The van der Waals surface area contributed by atoms with Gasteiger partial charge in [-0.3, -0.25) is 14.9 Å². The maximum atomic E-state index is 13.1. The van der Waals surface area contributed by atoms with Gasteiger partial charge in [0.1, 0.15) is 5.75 Å². The molecule has 1 unspecified atom stereocenters. The van der Waals surface area contributed by atoms with Gasteiger partial charge in [0, 0.05) is 38.2 Å². The van der Waals surface area contributed by atoms with Gasteiger partial charge in [-0.15, -0.1) is 0 Å². The van der Waals surface area contributed by atoms with Gasteiger partial charge in [-0.1, -0.05) is 12.1 Å². The smallest absolute Gasteiger partial charge is 0.269 e. The van der Waals surface area contributed by atoms with E-state index in [2.05, 4.69) is 0 Å². The van der Waals surface area contributed by atoms with Crippen molar-refractivity contribution in [1.29, 1.82) is 0 Å². The summed E-state index contributed by atoms with van der Waals surface area (Å²) in [6.07, 6.45) is 0.835. The van der Waals surface area contributed by atoms with Crippen molar-refractivity contribution in [2.24, 2.45) is 5.92 Å². The van der Waals surface area contributed by atoms with E-state index >= 15 is 0 Å². The number of non-ortho nitro benzene ring substituents is 1. The molecular weight excluding hydrogens is 446 g/mol. The molecule has 10 heteroatoms. The zero-order chi connectivity index (χ0) is 24.2. The van der Waals surface area contributed by atoms with Crippen LogP contribution in [0.25, 0.3) is 0 Å². The summed E-state index contributed by atoms with van der Waals surface area (Å²) in [5.74, 6) is 0.219. The van der Waals surface area contributed by atoms with Crippen molar-refractivity contribution in [3.63, 3.8) is 0 Å². The van der Waals surface area contributed by atoms with Crippen LogP contribution in [0.2, 0.25) is 0 Å². The summed E-state index contributed by atoms with van der Waals surface area (Å²) in [6.45, 7) is 4.69. The Morgan fingerprint density at radius 3 is 2.42 bits per heavy atom. The molecule has 178 valence electrons. The number of rotatable bonds is 8. The SMILES string of the molecule is CCOc1ccc(S(=O)(=O)N2CCC(C(=O)N(C)C(C)c3cccc([N+](=O)[O-])c3)CC2)cc1. The van der Waals surface area contributed by atoms with Crippen LogP contribution >= 0.6 is 0 Å². The third-order valence-electron chi connectivity index (χ3n) is 6.07. The summed E-state index contributed by atoms with van der Waals surface area (Å²) in [6, 6.07) is 12.2. The Balaban J connectivity index is 1.63. The maximum absolute atomic E-state index is 13.1. The molecule has 0 aromatic heterocycles. The first kappa shape index (κ1) is 24.7. The van der Waals surface area contributed by atoms with Crippen molar-refractivity contribution < 1.29 is 22.9 Å². The van der Waals surface area contributed by atoms with Crippen LogP contribution in [-0.2, 0) is 14.8 Å². The number of hydrogen-bond donors (Lipinski definition) is 0. The minimum Gasteiger partial charge on any atom is -0.494 e. The van der Waals surface area contributed by atoms with Gasteiger partial charge < -0.3 is 9.64 Å². The largest absolute Gasteiger partial charge is 0.494 e. The first-order valence-electron chi connectivity index (χ1n) is 10.9. The topological polar surface area (TPSA) is 110 Å². The second-order valence-electron chi connectivity index (χ2n) is 8.06. The lowest BCUT2D eigenvalue weighted by Crippen LogP contribution is -2.43. The average molecular weight is 476 g/mol. The van der Waals surface area contributed by atoms with Crippen LogP contribution in [0.15, 0.2) is 53.4 Å². The van der Waals surface area contributed by atoms with E-state index in [1.54, 1.807) is 36.2 Å². The van der Waals surface area contributed by atoms with Crippen molar-refractivity contribution in [3.05, 3.63) is 64.2 Å². The molecule has 0 spiro atoms. The van der Waals surface area contributed by atoms with Crippen LogP contribution in [-0.4, -0.2) is 55.2 Å². The number of sulfonamides is 1. The quantitative estimate of drug-likeness (QED) is 0.426. The number of nitro groups is 1. The van der Waals surface area contributed by atoms with Crippen molar-refractivity contribution >= 4 is 21.6 Å². The summed E-state index contributed by atoms with van der Waals surface area (Å²) in [5.41, 5.74) is 0.656. The normalized spacial score (nSPS) is 16.2. The highest BCUT2D eigenvalue weighted by molar-refractivity contribution is 7.89. The monoisotopic (exact) mass is 475 g/mol. The molecule has 9 nitrogen and oxygen atoms in total. The zero-order valence-corrected chi connectivity index (χ0v) is 19.8. The third kappa shape index (κ3) is 5.51. The number of carbonyl (C=O) groups excluding carboxylic acids is 1. The number of amides is 1. The van der Waals surface area contributed by atoms with E-state index in [9.17, 15) is 23.3 Å². The van der Waals surface area contributed by atoms with Crippen molar-refractivity contribution in [3.8, 4) is 5.75 Å². The molecule has 2 aromatic carbocycles. The van der Waals surface area contributed by atoms with E-state index < -0.39 is 14.9 Å². The first-order valence-corrected chi connectivity index (χ1v) is 12.3. The van der Waals surface area contributed by atoms with Gasteiger partial charge in [0.2, 0.25) is 15.9 Å². The number of benzene rings is 2. The van der Waals surface area contributed by atoms with Crippen LogP contribution in [0.4, 0.5) is 5.69 Å². The van der Waals surface area contributed by atoms with Crippen molar-refractivity contribution in [2.75, 3.05) is 26.7 Å². The summed E-state index contributed by atoms with van der Waals surface area (Å²) in [7, 11) is -1.97. The number of hydrogen-bond acceptors (Lipinski definition) is 6. The highest BCUT2D eigenvalue weighted by Crippen LogP contribution is 2.29. The molecule has 0 aliphatic carbocycles. The molecular formula is C23H29N3O6S. The second-order valence-corrected chi connectivity index (χ2v) is 10.00. The Kier molecular flexibility index (Phi) is 7.70. The van der Waals surface area contributed by atoms with Crippen LogP contribution < -0.4 is 4.74 Å². The Morgan fingerprint density at radius 1 is 1.21 bits per heavy atom. The van der Waals surface area contributed by atoms with E-state index in [0.717, 1.165) is 0 Å². The van der Waals surface area contributed by atoms with Gasteiger partial charge in [0.15, 0.2) is 0 Å². The molecule has 1 amide bonds. The van der Waals surface area contributed by atoms with Crippen molar-refractivity contribution in [2.45, 2.75) is 37.6 Å². The van der Waals surface area contributed by atoms with Crippen LogP contribution in [0.1, 0.15) is 38.3 Å². The lowest BCUT2D eigenvalue weighted by Gasteiger charge is -2.34. The molecule has 0 saturated carbocycles. The van der Waals surface area contributed by atoms with E-state index in [1.807, 2.05) is 13.8 Å². The molecule has 1 aliphatic rings. The van der Waals surface area contributed by atoms with Gasteiger partial charge in [-0.2, -0.15) is 4.31 Å². The zero-order valence-electron chi connectivity index (χ0n) is 19.0. The number of nitro benzene ring substituents is 1. The first-order chi connectivity index (χ1) is 15.6. The summed E-state index contributed by atoms with van der Waals surface area (Å²) in [4.78, 5) is 25.4. The predicted molar refractivity (Wildman–Crippen MR) is 123 cm³/mol. The summed E-state index contributed by atoms with van der Waals surface area (Å²) < 4.78 is 32.7. The van der Waals surface area contributed by atoms with E-state index in [4.69, 9.17) is 4.74 Å². The van der Waals surface area contributed by atoms with Crippen LogP contribution in [0.3, 0.4) is 0 Å².